The molecule has 1 saturated heterocycles. The zero-order valence-electron chi connectivity index (χ0n) is 12.8. The lowest BCUT2D eigenvalue weighted by atomic mass is 10.2. The van der Waals surface area contributed by atoms with E-state index >= 15 is 0 Å². The van der Waals surface area contributed by atoms with E-state index in [4.69, 9.17) is 0 Å². The largest absolute Gasteiger partial charge is 0.354 e. The second-order valence-electron chi connectivity index (χ2n) is 6.87. The number of hydrogen-bond acceptors (Lipinski definition) is 4. The van der Waals surface area contributed by atoms with Gasteiger partial charge in [0, 0.05) is 57.1 Å². The standard InChI is InChI=1S/C17H26N4/c1-2-15(12-19-16-5-6-16)17(18-7-1)21-10-8-20(9-11-21)13-14-3-4-14/h1-2,7,14,16,19H,3-6,8-13H2. The van der Waals surface area contributed by atoms with Gasteiger partial charge in [-0.15, -0.1) is 0 Å². The Labute approximate surface area is 127 Å². The Morgan fingerprint density at radius 3 is 2.62 bits per heavy atom. The molecule has 21 heavy (non-hydrogen) atoms. The Hall–Kier alpha value is -1.13. The molecule has 0 aromatic carbocycles. The summed E-state index contributed by atoms with van der Waals surface area (Å²) >= 11 is 0. The van der Waals surface area contributed by atoms with Gasteiger partial charge in [0.2, 0.25) is 0 Å². The van der Waals surface area contributed by atoms with Crippen LogP contribution < -0.4 is 10.2 Å². The minimum atomic E-state index is 0.758. The van der Waals surface area contributed by atoms with Gasteiger partial charge in [-0.3, -0.25) is 4.90 Å². The number of rotatable bonds is 6. The Bertz CT molecular complexity index is 473. The van der Waals surface area contributed by atoms with Gasteiger partial charge in [-0.05, 0) is 37.7 Å². The first-order valence-corrected chi connectivity index (χ1v) is 8.53. The molecule has 4 rings (SSSR count). The lowest BCUT2D eigenvalue weighted by Gasteiger charge is -2.36. The van der Waals surface area contributed by atoms with Crippen LogP contribution in [0.3, 0.4) is 0 Å². The molecular weight excluding hydrogens is 260 g/mol. The van der Waals surface area contributed by atoms with Gasteiger partial charge >= 0.3 is 0 Å². The maximum atomic E-state index is 4.67. The molecular formula is C17H26N4. The van der Waals surface area contributed by atoms with Gasteiger partial charge in [0.1, 0.15) is 5.82 Å². The summed E-state index contributed by atoms with van der Waals surface area (Å²) in [6, 6.07) is 5.05. The van der Waals surface area contributed by atoms with E-state index in [0.29, 0.717) is 0 Å². The topological polar surface area (TPSA) is 31.4 Å². The highest BCUT2D eigenvalue weighted by molar-refractivity contribution is 5.47. The summed E-state index contributed by atoms with van der Waals surface area (Å²) in [6.07, 6.45) is 7.53. The molecule has 0 radical (unpaired) electrons. The van der Waals surface area contributed by atoms with Crippen molar-refractivity contribution in [3.63, 3.8) is 0 Å². The van der Waals surface area contributed by atoms with E-state index in [1.165, 1.54) is 56.7 Å². The molecule has 2 saturated carbocycles. The predicted octanol–water partition coefficient (Wildman–Crippen LogP) is 1.87. The SMILES string of the molecule is c1cnc(N2CCN(CC3CC3)CC2)c(CNC2CC2)c1. The van der Waals surface area contributed by atoms with Crippen LogP contribution in [0.25, 0.3) is 0 Å². The van der Waals surface area contributed by atoms with Gasteiger partial charge in [-0.1, -0.05) is 6.07 Å². The highest BCUT2D eigenvalue weighted by Gasteiger charge is 2.27. The summed E-state index contributed by atoms with van der Waals surface area (Å²) in [5, 5.41) is 3.62. The molecule has 4 nitrogen and oxygen atoms in total. The maximum Gasteiger partial charge on any atom is 0.133 e. The molecule has 114 valence electrons. The molecule has 2 aliphatic carbocycles. The van der Waals surface area contributed by atoms with Crippen molar-refractivity contribution in [2.75, 3.05) is 37.6 Å². The fraction of sp³-hybridized carbons (Fsp3) is 0.706. The van der Waals surface area contributed by atoms with E-state index in [1.807, 2.05) is 6.20 Å². The number of nitrogens with one attached hydrogen (secondary N) is 1. The molecule has 0 atom stereocenters. The lowest BCUT2D eigenvalue weighted by molar-refractivity contribution is 0.247. The molecule has 1 aliphatic heterocycles. The van der Waals surface area contributed by atoms with Crippen LogP contribution in [0.1, 0.15) is 31.2 Å². The smallest absolute Gasteiger partial charge is 0.133 e. The van der Waals surface area contributed by atoms with Crippen LogP contribution in [-0.2, 0) is 6.54 Å². The van der Waals surface area contributed by atoms with Crippen molar-refractivity contribution in [3.8, 4) is 0 Å². The number of piperazine rings is 1. The molecule has 2 heterocycles. The van der Waals surface area contributed by atoms with Crippen LogP contribution >= 0.6 is 0 Å². The zero-order valence-corrected chi connectivity index (χ0v) is 12.8. The minimum Gasteiger partial charge on any atom is -0.354 e. The van der Waals surface area contributed by atoms with Crippen molar-refractivity contribution in [2.24, 2.45) is 5.92 Å². The first-order valence-electron chi connectivity index (χ1n) is 8.53. The summed E-state index contributed by atoms with van der Waals surface area (Å²) in [5.74, 6) is 2.21. The number of anilines is 1. The van der Waals surface area contributed by atoms with Gasteiger partial charge in [-0.2, -0.15) is 0 Å². The van der Waals surface area contributed by atoms with Crippen molar-refractivity contribution in [2.45, 2.75) is 38.3 Å². The number of aromatic nitrogens is 1. The third kappa shape index (κ3) is 3.55. The molecule has 0 spiro atoms. The molecule has 1 aromatic rings. The van der Waals surface area contributed by atoms with Crippen molar-refractivity contribution in [1.82, 2.24) is 15.2 Å². The Kier molecular flexibility index (Phi) is 3.82. The third-order valence-electron chi connectivity index (χ3n) is 4.91. The normalized spacial score (nSPS) is 23.5. The first kappa shape index (κ1) is 13.5. The van der Waals surface area contributed by atoms with Crippen LogP contribution in [0.4, 0.5) is 5.82 Å². The Balaban J connectivity index is 1.36. The van der Waals surface area contributed by atoms with Gasteiger partial charge < -0.3 is 10.2 Å². The summed E-state index contributed by atoms with van der Waals surface area (Å²) in [5.41, 5.74) is 1.36. The lowest BCUT2D eigenvalue weighted by Crippen LogP contribution is -2.47. The van der Waals surface area contributed by atoms with Crippen LogP contribution in [0, 0.1) is 5.92 Å². The highest BCUT2D eigenvalue weighted by Crippen LogP contribution is 2.30. The van der Waals surface area contributed by atoms with Crippen molar-refractivity contribution >= 4 is 5.82 Å². The van der Waals surface area contributed by atoms with Gasteiger partial charge in [0.25, 0.3) is 0 Å². The molecule has 3 aliphatic rings. The summed E-state index contributed by atoms with van der Waals surface area (Å²) < 4.78 is 0. The molecule has 0 amide bonds. The third-order valence-corrected chi connectivity index (χ3v) is 4.91. The fourth-order valence-electron chi connectivity index (χ4n) is 3.20. The monoisotopic (exact) mass is 286 g/mol. The minimum absolute atomic E-state index is 0.758. The molecule has 1 N–H and O–H groups in total. The zero-order chi connectivity index (χ0) is 14.1. The van der Waals surface area contributed by atoms with Gasteiger partial charge in [0.15, 0.2) is 0 Å². The summed E-state index contributed by atoms with van der Waals surface area (Å²) in [7, 11) is 0. The van der Waals surface area contributed by atoms with E-state index in [9.17, 15) is 0 Å². The average Bonchev–Trinajstić information content (AvgIpc) is 3.42. The van der Waals surface area contributed by atoms with E-state index in [-0.39, 0.29) is 0 Å². The number of pyridine rings is 1. The second kappa shape index (κ2) is 5.93. The van der Waals surface area contributed by atoms with Crippen LogP contribution in [-0.4, -0.2) is 48.6 Å². The van der Waals surface area contributed by atoms with Crippen LogP contribution in [0.5, 0.6) is 0 Å². The Morgan fingerprint density at radius 2 is 1.90 bits per heavy atom. The van der Waals surface area contributed by atoms with Gasteiger partial charge in [0.05, 0.1) is 0 Å². The Morgan fingerprint density at radius 1 is 1.10 bits per heavy atom. The fourth-order valence-corrected chi connectivity index (χ4v) is 3.20. The molecule has 0 bridgehead atoms. The molecule has 0 unspecified atom stereocenters. The van der Waals surface area contributed by atoms with Crippen molar-refractivity contribution in [3.05, 3.63) is 23.9 Å². The number of nitrogens with zero attached hydrogens (tertiary/aromatic N) is 3. The van der Waals surface area contributed by atoms with Crippen molar-refractivity contribution < 1.29 is 0 Å². The van der Waals surface area contributed by atoms with E-state index in [1.54, 1.807) is 0 Å². The van der Waals surface area contributed by atoms with E-state index in [0.717, 1.165) is 31.6 Å². The first-order chi connectivity index (χ1) is 10.4. The predicted molar refractivity (Wildman–Crippen MR) is 85.5 cm³/mol. The average molecular weight is 286 g/mol. The highest BCUT2D eigenvalue weighted by atomic mass is 15.3. The van der Waals surface area contributed by atoms with E-state index in [2.05, 4.69) is 32.2 Å². The quantitative estimate of drug-likeness (QED) is 0.865. The summed E-state index contributed by atoms with van der Waals surface area (Å²) in [4.78, 5) is 9.78. The summed E-state index contributed by atoms with van der Waals surface area (Å²) in [6.45, 7) is 6.94. The van der Waals surface area contributed by atoms with Crippen LogP contribution in [0.15, 0.2) is 18.3 Å². The van der Waals surface area contributed by atoms with E-state index < -0.39 is 0 Å². The number of hydrogen-bond donors (Lipinski definition) is 1. The van der Waals surface area contributed by atoms with Crippen LogP contribution in [0.2, 0.25) is 0 Å². The molecule has 3 fully saturated rings. The molecule has 4 heteroatoms. The van der Waals surface area contributed by atoms with Gasteiger partial charge in [-0.25, -0.2) is 4.98 Å². The van der Waals surface area contributed by atoms with Crippen molar-refractivity contribution in [1.29, 1.82) is 0 Å². The molecule has 1 aromatic heterocycles. The second-order valence-corrected chi connectivity index (χ2v) is 6.87. The maximum absolute atomic E-state index is 4.67.